The number of hydrogen-bond donors (Lipinski definition) is 1. The Morgan fingerprint density at radius 3 is 3.13 bits per heavy atom. The highest BCUT2D eigenvalue weighted by atomic mass is 79.9. The molecule has 2 rings (SSSR count). The summed E-state index contributed by atoms with van der Waals surface area (Å²) in [6, 6.07) is 6.11. The molecule has 1 aliphatic rings. The zero-order chi connectivity index (χ0) is 10.8. The monoisotopic (exact) mass is 286 g/mol. The molecule has 80 valence electrons. The van der Waals surface area contributed by atoms with Crippen molar-refractivity contribution in [3.05, 3.63) is 18.2 Å². The molecule has 3 nitrogen and oxygen atoms in total. The van der Waals surface area contributed by atoms with E-state index < -0.39 is 0 Å². The van der Waals surface area contributed by atoms with E-state index in [9.17, 15) is 4.79 Å². The molecule has 1 aromatic carbocycles. The molecule has 0 radical (unpaired) electrons. The van der Waals surface area contributed by atoms with Crippen LogP contribution in [0.5, 0.6) is 0 Å². The number of carbonyl (C=O) groups excluding carboxylic acids is 1. The van der Waals surface area contributed by atoms with Crippen LogP contribution < -0.4 is 10.2 Å². The molecule has 0 spiro atoms. The minimum Gasteiger partial charge on any atom is -0.365 e. The lowest BCUT2D eigenvalue weighted by Crippen LogP contribution is -2.20. The third-order valence-electron chi connectivity index (χ3n) is 2.22. The molecule has 0 aliphatic carbocycles. The van der Waals surface area contributed by atoms with Crippen molar-refractivity contribution in [1.29, 1.82) is 0 Å². The Labute approximate surface area is 101 Å². The number of rotatable bonds is 2. The average molecular weight is 287 g/mol. The van der Waals surface area contributed by atoms with E-state index >= 15 is 0 Å². The standard InChI is InChI=1S/C10H11BrN2OS/c1-13(6-11)7-2-3-9-8(4-7)12-10(14)5-15-9/h2-4H,5-6H2,1H3,(H,12,14). The van der Waals surface area contributed by atoms with Gasteiger partial charge >= 0.3 is 0 Å². The highest BCUT2D eigenvalue weighted by molar-refractivity contribution is 9.09. The molecular weight excluding hydrogens is 276 g/mol. The van der Waals surface area contributed by atoms with Crippen molar-refractivity contribution in [2.75, 3.05) is 28.5 Å². The normalized spacial score (nSPS) is 14.4. The lowest BCUT2D eigenvalue weighted by Gasteiger charge is -2.21. The maximum absolute atomic E-state index is 11.2. The number of alkyl halides is 1. The van der Waals surface area contributed by atoms with Gasteiger partial charge in [-0.15, -0.1) is 11.8 Å². The summed E-state index contributed by atoms with van der Waals surface area (Å²) in [5, 5.41) is 2.88. The average Bonchev–Trinajstić information content (AvgIpc) is 2.27. The SMILES string of the molecule is CN(CBr)c1ccc2c(c1)NC(=O)CS2. The fourth-order valence-electron chi connectivity index (χ4n) is 1.38. The van der Waals surface area contributed by atoms with Crippen molar-refractivity contribution in [3.63, 3.8) is 0 Å². The summed E-state index contributed by atoms with van der Waals surface area (Å²) in [4.78, 5) is 14.4. The summed E-state index contributed by atoms with van der Waals surface area (Å²) in [7, 11) is 1.99. The predicted molar refractivity (Wildman–Crippen MR) is 68.0 cm³/mol. The minimum absolute atomic E-state index is 0.0751. The second-order valence-electron chi connectivity index (χ2n) is 3.33. The van der Waals surface area contributed by atoms with Crippen LogP contribution in [-0.2, 0) is 4.79 Å². The number of benzene rings is 1. The van der Waals surface area contributed by atoms with Gasteiger partial charge in [0.05, 0.1) is 16.9 Å². The maximum Gasteiger partial charge on any atom is 0.234 e. The van der Waals surface area contributed by atoms with Crippen molar-refractivity contribution in [3.8, 4) is 0 Å². The van der Waals surface area contributed by atoms with Crippen LogP contribution in [0.4, 0.5) is 11.4 Å². The van der Waals surface area contributed by atoms with Crippen molar-refractivity contribution in [1.82, 2.24) is 0 Å². The first kappa shape index (κ1) is 10.8. The zero-order valence-corrected chi connectivity index (χ0v) is 10.7. The van der Waals surface area contributed by atoms with E-state index in [1.54, 1.807) is 11.8 Å². The van der Waals surface area contributed by atoms with Crippen LogP contribution in [0.3, 0.4) is 0 Å². The van der Waals surface area contributed by atoms with Gasteiger partial charge in [0, 0.05) is 17.6 Å². The van der Waals surface area contributed by atoms with Crippen molar-refractivity contribution < 1.29 is 4.79 Å². The summed E-state index contributed by atoms with van der Waals surface area (Å²) in [5.74, 6) is 0.590. The van der Waals surface area contributed by atoms with Gasteiger partial charge in [-0.25, -0.2) is 0 Å². The number of thioether (sulfide) groups is 1. The van der Waals surface area contributed by atoms with E-state index in [1.165, 1.54) is 0 Å². The Bertz CT molecular complexity index is 397. The van der Waals surface area contributed by atoms with Gasteiger partial charge in [0.1, 0.15) is 0 Å². The topological polar surface area (TPSA) is 32.3 Å². The third kappa shape index (κ3) is 2.29. The van der Waals surface area contributed by atoms with E-state index in [4.69, 9.17) is 0 Å². The summed E-state index contributed by atoms with van der Waals surface area (Å²) < 4.78 is 0. The molecule has 5 heteroatoms. The van der Waals surface area contributed by atoms with Crippen molar-refractivity contribution >= 4 is 45.0 Å². The molecule has 0 atom stereocenters. The summed E-state index contributed by atoms with van der Waals surface area (Å²) in [6.45, 7) is 0. The largest absolute Gasteiger partial charge is 0.365 e. The molecule has 0 saturated heterocycles. The molecular formula is C10H11BrN2OS. The smallest absolute Gasteiger partial charge is 0.234 e. The van der Waals surface area contributed by atoms with E-state index in [1.807, 2.05) is 19.2 Å². The number of anilines is 2. The molecule has 0 saturated carbocycles. The second-order valence-corrected chi connectivity index (χ2v) is 4.85. The summed E-state index contributed by atoms with van der Waals surface area (Å²) in [6.07, 6.45) is 0. The van der Waals surface area contributed by atoms with Crippen LogP contribution in [-0.4, -0.2) is 24.2 Å². The maximum atomic E-state index is 11.2. The van der Waals surface area contributed by atoms with Gasteiger partial charge in [-0.05, 0) is 18.2 Å². The number of carbonyl (C=O) groups is 1. The fraction of sp³-hybridized carbons (Fsp3) is 0.300. The zero-order valence-electron chi connectivity index (χ0n) is 8.29. The van der Waals surface area contributed by atoms with E-state index in [2.05, 4.69) is 32.2 Å². The lowest BCUT2D eigenvalue weighted by molar-refractivity contribution is -0.113. The Balaban J connectivity index is 2.32. The first-order valence-electron chi connectivity index (χ1n) is 4.54. The molecule has 1 amide bonds. The Kier molecular flexibility index (Phi) is 3.21. The summed E-state index contributed by atoms with van der Waals surface area (Å²) >= 11 is 4.98. The van der Waals surface area contributed by atoms with Gasteiger partial charge in [-0.3, -0.25) is 4.79 Å². The molecule has 1 heterocycles. The first-order valence-corrected chi connectivity index (χ1v) is 6.65. The number of amides is 1. The van der Waals surface area contributed by atoms with Crippen LogP contribution in [0.1, 0.15) is 0 Å². The number of nitrogens with zero attached hydrogens (tertiary/aromatic N) is 1. The number of hydrogen-bond acceptors (Lipinski definition) is 3. The van der Waals surface area contributed by atoms with Gasteiger partial charge in [-0.2, -0.15) is 0 Å². The second kappa shape index (κ2) is 4.45. The van der Waals surface area contributed by atoms with Gasteiger partial charge < -0.3 is 10.2 Å². The molecule has 1 aromatic rings. The van der Waals surface area contributed by atoms with E-state index in [0.717, 1.165) is 21.7 Å². The van der Waals surface area contributed by atoms with Crippen molar-refractivity contribution in [2.24, 2.45) is 0 Å². The molecule has 0 fully saturated rings. The number of nitrogens with one attached hydrogen (secondary N) is 1. The molecule has 0 bridgehead atoms. The molecule has 0 unspecified atom stereocenters. The van der Waals surface area contributed by atoms with Gasteiger partial charge in [0.15, 0.2) is 0 Å². The molecule has 15 heavy (non-hydrogen) atoms. The van der Waals surface area contributed by atoms with Gasteiger partial charge in [-0.1, -0.05) is 15.9 Å². The molecule has 0 aromatic heterocycles. The highest BCUT2D eigenvalue weighted by Crippen LogP contribution is 2.34. The van der Waals surface area contributed by atoms with Gasteiger partial charge in [0.25, 0.3) is 0 Å². The Morgan fingerprint density at radius 1 is 1.60 bits per heavy atom. The van der Waals surface area contributed by atoms with Crippen molar-refractivity contribution in [2.45, 2.75) is 4.90 Å². The number of halogens is 1. The third-order valence-corrected chi connectivity index (χ3v) is 4.04. The number of fused-ring (bicyclic) bond motifs is 1. The quantitative estimate of drug-likeness (QED) is 0.670. The van der Waals surface area contributed by atoms with E-state index in [-0.39, 0.29) is 5.91 Å². The predicted octanol–water partition coefficient (Wildman–Crippen LogP) is 2.52. The Hall–Kier alpha value is -0.680. The minimum atomic E-state index is 0.0751. The van der Waals surface area contributed by atoms with Crippen LogP contribution >= 0.6 is 27.7 Å². The van der Waals surface area contributed by atoms with Gasteiger partial charge in [0.2, 0.25) is 5.91 Å². The Morgan fingerprint density at radius 2 is 2.40 bits per heavy atom. The fourth-order valence-corrected chi connectivity index (χ4v) is 2.46. The van der Waals surface area contributed by atoms with Crippen LogP contribution in [0, 0.1) is 0 Å². The summed E-state index contributed by atoms with van der Waals surface area (Å²) in [5.41, 5.74) is 2.78. The van der Waals surface area contributed by atoms with E-state index in [0.29, 0.717) is 5.75 Å². The first-order chi connectivity index (χ1) is 7.20. The van der Waals surface area contributed by atoms with Crippen LogP contribution in [0.15, 0.2) is 23.1 Å². The van der Waals surface area contributed by atoms with Crippen LogP contribution in [0.2, 0.25) is 0 Å². The lowest BCUT2D eigenvalue weighted by atomic mass is 10.2. The molecule has 1 N–H and O–H groups in total. The molecule has 1 aliphatic heterocycles. The van der Waals surface area contributed by atoms with Crippen LogP contribution in [0.25, 0.3) is 0 Å². The highest BCUT2D eigenvalue weighted by Gasteiger charge is 2.15.